The fourth-order valence-corrected chi connectivity index (χ4v) is 1.52. The smallest absolute Gasteiger partial charge is 0.308 e. The van der Waals surface area contributed by atoms with Crippen LogP contribution in [0.3, 0.4) is 0 Å². The molecule has 94 valence electrons. The average molecular weight is 256 g/mol. The lowest BCUT2D eigenvalue weighted by atomic mass is 10.0. The Morgan fingerprint density at radius 2 is 1.88 bits per heavy atom. The standard InChI is InChI=1S/C13H18ClNO2/c1-13(2,3)17-12(16)8-11(15)9-4-6-10(14)7-5-9/h4-7,11H,8,15H2,1-3H3/t11-/m1/s1. The monoisotopic (exact) mass is 255 g/mol. The molecule has 4 heteroatoms. The van der Waals surface area contributed by atoms with Crippen molar-refractivity contribution >= 4 is 17.6 Å². The molecular weight excluding hydrogens is 238 g/mol. The Morgan fingerprint density at radius 3 is 2.35 bits per heavy atom. The number of nitrogens with two attached hydrogens (primary N) is 1. The lowest BCUT2D eigenvalue weighted by Crippen LogP contribution is -2.26. The summed E-state index contributed by atoms with van der Waals surface area (Å²) in [6.45, 7) is 5.50. The zero-order valence-electron chi connectivity index (χ0n) is 10.4. The molecule has 1 aromatic rings. The number of halogens is 1. The van der Waals surface area contributed by atoms with Gasteiger partial charge < -0.3 is 10.5 Å². The number of hydrogen-bond acceptors (Lipinski definition) is 3. The number of hydrogen-bond donors (Lipinski definition) is 1. The SMILES string of the molecule is CC(C)(C)OC(=O)C[C@@H](N)c1ccc(Cl)cc1. The van der Waals surface area contributed by atoms with E-state index in [4.69, 9.17) is 22.1 Å². The first-order chi connectivity index (χ1) is 7.78. The van der Waals surface area contributed by atoms with Crippen molar-refractivity contribution in [1.82, 2.24) is 0 Å². The minimum atomic E-state index is -0.475. The molecule has 0 aromatic heterocycles. The van der Waals surface area contributed by atoms with E-state index in [9.17, 15) is 4.79 Å². The molecule has 0 aliphatic carbocycles. The van der Waals surface area contributed by atoms with Gasteiger partial charge in [0.05, 0.1) is 6.42 Å². The van der Waals surface area contributed by atoms with Crippen LogP contribution < -0.4 is 5.73 Å². The van der Waals surface area contributed by atoms with Crippen LogP contribution in [0.15, 0.2) is 24.3 Å². The summed E-state index contributed by atoms with van der Waals surface area (Å²) in [6.07, 6.45) is 0.166. The van der Waals surface area contributed by atoms with Crippen LogP contribution in [0.1, 0.15) is 38.8 Å². The summed E-state index contributed by atoms with van der Waals surface area (Å²) >= 11 is 5.78. The van der Waals surface area contributed by atoms with E-state index >= 15 is 0 Å². The molecule has 2 N–H and O–H groups in total. The third-order valence-electron chi connectivity index (χ3n) is 2.10. The predicted octanol–water partition coefficient (Wildman–Crippen LogP) is 3.07. The van der Waals surface area contributed by atoms with E-state index in [0.29, 0.717) is 5.02 Å². The summed E-state index contributed by atoms with van der Waals surface area (Å²) in [5.41, 5.74) is 6.32. The van der Waals surface area contributed by atoms with Crippen molar-refractivity contribution in [2.75, 3.05) is 0 Å². The fourth-order valence-electron chi connectivity index (χ4n) is 1.39. The van der Waals surface area contributed by atoms with Gasteiger partial charge in [0.2, 0.25) is 0 Å². The van der Waals surface area contributed by atoms with Gasteiger partial charge in [-0.15, -0.1) is 0 Å². The number of carbonyl (C=O) groups is 1. The van der Waals surface area contributed by atoms with Gasteiger partial charge in [-0.2, -0.15) is 0 Å². The molecule has 0 fully saturated rings. The van der Waals surface area contributed by atoms with Crippen molar-refractivity contribution in [3.8, 4) is 0 Å². The Labute approximate surface area is 107 Å². The van der Waals surface area contributed by atoms with Crippen LogP contribution in [0.25, 0.3) is 0 Å². The van der Waals surface area contributed by atoms with Crippen molar-refractivity contribution in [1.29, 1.82) is 0 Å². The van der Waals surface area contributed by atoms with Gasteiger partial charge in [0, 0.05) is 11.1 Å². The van der Waals surface area contributed by atoms with E-state index in [0.717, 1.165) is 5.56 Å². The molecule has 0 unspecified atom stereocenters. The molecule has 3 nitrogen and oxygen atoms in total. The van der Waals surface area contributed by atoms with Crippen molar-refractivity contribution in [3.05, 3.63) is 34.9 Å². The number of ether oxygens (including phenoxy) is 1. The highest BCUT2D eigenvalue weighted by atomic mass is 35.5. The van der Waals surface area contributed by atoms with Gasteiger partial charge in [0.25, 0.3) is 0 Å². The van der Waals surface area contributed by atoms with Gasteiger partial charge in [-0.3, -0.25) is 4.79 Å². The van der Waals surface area contributed by atoms with Crippen molar-refractivity contribution in [2.45, 2.75) is 38.8 Å². The van der Waals surface area contributed by atoms with E-state index < -0.39 is 5.60 Å². The Bertz CT molecular complexity index is 381. The number of benzene rings is 1. The van der Waals surface area contributed by atoms with Crippen LogP contribution in [0.2, 0.25) is 5.02 Å². The molecule has 17 heavy (non-hydrogen) atoms. The summed E-state index contributed by atoms with van der Waals surface area (Å²) in [5.74, 6) is -0.292. The second-order valence-corrected chi connectivity index (χ2v) is 5.39. The molecule has 0 saturated carbocycles. The topological polar surface area (TPSA) is 52.3 Å². The first-order valence-electron chi connectivity index (χ1n) is 5.51. The summed E-state index contributed by atoms with van der Waals surface area (Å²) in [5, 5.41) is 0.651. The molecule has 0 aliphatic rings. The predicted molar refractivity (Wildman–Crippen MR) is 68.8 cm³/mol. The Hall–Kier alpha value is -1.06. The minimum absolute atomic E-state index is 0.166. The lowest BCUT2D eigenvalue weighted by Gasteiger charge is -2.21. The number of carbonyl (C=O) groups excluding carboxylic acids is 1. The quantitative estimate of drug-likeness (QED) is 0.845. The molecule has 0 saturated heterocycles. The third kappa shape index (κ3) is 5.20. The molecule has 0 amide bonds. The number of rotatable bonds is 3. The highest BCUT2D eigenvalue weighted by molar-refractivity contribution is 6.30. The Morgan fingerprint density at radius 1 is 1.35 bits per heavy atom. The van der Waals surface area contributed by atoms with Crippen LogP contribution in [-0.2, 0) is 9.53 Å². The highest BCUT2D eigenvalue weighted by Crippen LogP contribution is 2.19. The molecule has 1 atom stereocenters. The van der Waals surface area contributed by atoms with Gasteiger partial charge in [-0.25, -0.2) is 0 Å². The van der Waals surface area contributed by atoms with Crippen molar-refractivity contribution in [2.24, 2.45) is 5.73 Å². The van der Waals surface area contributed by atoms with E-state index in [-0.39, 0.29) is 18.4 Å². The van der Waals surface area contributed by atoms with E-state index in [2.05, 4.69) is 0 Å². The van der Waals surface area contributed by atoms with Crippen LogP contribution in [0, 0.1) is 0 Å². The molecule has 1 aromatic carbocycles. The molecule has 0 heterocycles. The average Bonchev–Trinajstić information content (AvgIpc) is 2.15. The Balaban J connectivity index is 2.57. The maximum absolute atomic E-state index is 11.6. The first kappa shape index (κ1) is 14.0. The largest absolute Gasteiger partial charge is 0.460 e. The second kappa shape index (κ2) is 5.52. The summed E-state index contributed by atoms with van der Waals surface area (Å²) in [4.78, 5) is 11.6. The van der Waals surface area contributed by atoms with Gasteiger partial charge in [-0.1, -0.05) is 23.7 Å². The van der Waals surface area contributed by atoms with Gasteiger partial charge in [-0.05, 0) is 38.5 Å². The lowest BCUT2D eigenvalue weighted by molar-refractivity contribution is -0.155. The van der Waals surface area contributed by atoms with Crippen molar-refractivity contribution < 1.29 is 9.53 Å². The maximum Gasteiger partial charge on any atom is 0.308 e. The molecule has 1 rings (SSSR count). The highest BCUT2D eigenvalue weighted by Gasteiger charge is 2.19. The molecule has 0 bridgehead atoms. The van der Waals surface area contributed by atoms with Crippen LogP contribution >= 0.6 is 11.6 Å². The van der Waals surface area contributed by atoms with Crippen LogP contribution in [-0.4, -0.2) is 11.6 Å². The first-order valence-corrected chi connectivity index (χ1v) is 5.88. The zero-order valence-corrected chi connectivity index (χ0v) is 11.1. The van der Waals surface area contributed by atoms with Gasteiger partial charge in [0.15, 0.2) is 0 Å². The van der Waals surface area contributed by atoms with Crippen molar-refractivity contribution in [3.63, 3.8) is 0 Å². The van der Waals surface area contributed by atoms with E-state index in [1.54, 1.807) is 12.1 Å². The van der Waals surface area contributed by atoms with Gasteiger partial charge in [0.1, 0.15) is 5.60 Å². The fraction of sp³-hybridized carbons (Fsp3) is 0.462. The second-order valence-electron chi connectivity index (χ2n) is 4.95. The molecule has 0 radical (unpaired) electrons. The minimum Gasteiger partial charge on any atom is -0.460 e. The Kier molecular flexibility index (Phi) is 4.54. The van der Waals surface area contributed by atoms with Gasteiger partial charge >= 0.3 is 5.97 Å². The summed E-state index contributed by atoms with van der Waals surface area (Å²) < 4.78 is 5.21. The van der Waals surface area contributed by atoms with Crippen LogP contribution in [0.4, 0.5) is 0 Å². The normalized spacial score (nSPS) is 13.2. The third-order valence-corrected chi connectivity index (χ3v) is 2.36. The van der Waals surface area contributed by atoms with E-state index in [1.165, 1.54) is 0 Å². The maximum atomic E-state index is 11.6. The zero-order chi connectivity index (χ0) is 13.1. The molecule has 0 aliphatic heterocycles. The summed E-state index contributed by atoms with van der Waals surface area (Å²) in [6, 6.07) is 6.79. The molecular formula is C13H18ClNO2. The van der Waals surface area contributed by atoms with E-state index in [1.807, 2.05) is 32.9 Å². The molecule has 0 spiro atoms. The van der Waals surface area contributed by atoms with Crippen LogP contribution in [0.5, 0.6) is 0 Å². The summed E-state index contributed by atoms with van der Waals surface area (Å²) in [7, 11) is 0. The number of esters is 1.